The molecule has 0 aromatic heterocycles. The first kappa shape index (κ1) is 43.1. The number of amides is 1. The summed E-state index contributed by atoms with van der Waals surface area (Å²) >= 11 is 1.66. The summed E-state index contributed by atoms with van der Waals surface area (Å²) in [6, 6.07) is 26.3. The van der Waals surface area contributed by atoms with Gasteiger partial charge in [0.25, 0.3) is 21.6 Å². The Labute approximate surface area is 346 Å². The number of nitrogens with zero attached hydrogens (tertiary/aromatic N) is 5. The standard InChI is InChI=1S/C43H55N7O6S2/c1-46-22-26-48(27-23-46)20-7-8-36(32-57-37-9-5-4-6-10-37)44-40-18-16-38(31-41(40)50(52)53)58(54,55)45-43(51)35-14-12-34(13-15-35)39-17-11-33(30-42(39)56-3)19-21-49-28-24-47(2)25-29-49/h4-6,9-18,30-31,36,44H,7-8,19-29,32H2,1-3H3,(H,45,51)/t36-/m1/s1. The fourth-order valence-electron chi connectivity index (χ4n) is 7.24. The highest BCUT2D eigenvalue weighted by atomic mass is 32.2. The molecule has 1 atom stereocenters. The van der Waals surface area contributed by atoms with Crippen LogP contribution in [-0.2, 0) is 16.4 Å². The van der Waals surface area contributed by atoms with Crippen LogP contribution < -0.4 is 14.8 Å². The third-order valence-electron chi connectivity index (χ3n) is 10.9. The molecule has 2 heterocycles. The van der Waals surface area contributed by atoms with Gasteiger partial charge < -0.3 is 29.7 Å². The number of nitrogens with one attached hydrogen (secondary N) is 2. The van der Waals surface area contributed by atoms with E-state index in [4.69, 9.17) is 4.74 Å². The van der Waals surface area contributed by atoms with Crippen LogP contribution in [0.3, 0.4) is 0 Å². The van der Waals surface area contributed by atoms with Crippen LogP contribution in [0.25, 0.3) is 11.1 Å². The zero-order valence-corrected chi connectivity index (χ0v) is 35.3. The van der Waals surface area contributed by atoms with Crippen LogP contribution in [0.2, 0.25) is 0 Å². The number of carbonyl (C=O) groups excluding carboxylic acids is 1. The van der Waals surface area contributed by atoms with E-state index in [9.17, 15) is 23.3 Å². The van der Waals surface area contributed by atoms with E-state index < -0.39 is 20.9 Å². The summed E-state index contributed by atoms with van der Waals surface area (Å²) in [5.74, 6) is 0.525. The molecule has 6 rings (SSSR count). The van der Waals surface area contributed by atoms with Gasteiger partial charge in [-0.1, -0.05) is 42.5 Å². The number of likely N-dealkylation sites (N-methyl/N-ethyl adjacent to an activating group) is 2. The van der Waals surface area contributed by atoms with E-state index in [0.29, 0.717) is 11.5 Å². The number of anilines is 1. The minimum absolute atomic E-state index is 0.119. The van der Waals surface area contributed by atoms with Crippen LogP contribution in [0.5, 0.6) is 5.75 Å². The number of ether oxygens (including phenoxy) is 1. The number of rotatable bonds is 18. The summed E-state index contributed by atoms with van der Waals surface area (Å²) in [5, 5.41) is 15.7. The lowest BCUT2D eigenvalue weighted by atomic mass is 10.00. The summed E-state index contributed by atoms with van der Waals surface area (Å²) in [6.07, 6.45) is 2.58. The summed E-state index contributed by atoms with van der Waals surface area (Å²) in [5.41, 5.74) is 2.79. The number of thioether (sulfide) groups is 1. The Morgan fingerprint density at radius 2 is 1.50 bits per heavy atom. The van der Waals surface area contributed by atoms with E-state index in [1.54, 1.807) is 43.1 Å². The number of methoxy groups -OCH3 is 1. The van der Waals surface area contributed by atoms with Gasteiger partial charge in [-0.3, -0.25) is 14.9 Å². The van der Waals surface area contributed by atoms with Crippen LogP contribution >= 0.6 is 11.8 Å². The second kappa shape index (κ2) is 20.5. The van der Waals surface area contributed by atoms with E-state index >= 15 is 0 Å². The molecule has 2 aliphatic heterocycles. The van der Waals surface area contributed by atoms with Crippen LogP contribution in [0.1, 0.15) is 28.8 Å². The fraction of sp³-hybridized carbons (Fsp3) is 0.419. The second-order valence-corrected chi connectivity index (χ2v) is 17.9. The number of nitro benzene ring substituents is 1. The molecule has 4 aromatic rings. The van der Waals surface area contributed by atoms with Gasteiger partial charge in [-0.2, -0.15) is 0 Å². The smallest absolute Gasteiger partial charge is 0.293 e. The minimum atomic E-state index is -4.45. The largest absolute Gasteiger partial charge is 0.496 e. The van der Waals surface area contributed by atoms with Crippen LogP contribution in [-0.4, -0.2) is 137 Å². The Morgan fingerprint density at radius 1 is 0.845 bits per heavy atom. The van der Waals surface area contributed by atoms with Gasteiger partial charge in [-0.25, -0.2) is 13.1 Å². The maximum atomic E-state index is 13.5. The highest BCUT2D eigenvalue weighted by Crippen LogP contribution is 2.33. The van der Waals surface area contributed by atoms with E-state index in [2.05, 4.69) is 49.8 Å². The molecular formula is C43H55N7O6S2. The van der Waals surface area contributed by atoms with E-state index in [0.717, 1.165) is 107 Å². The SMILES string of the molecule is COc1cc(CCN2CCN(C)CC2)ccc1-c1ccc(C(=O)NS(=O)(=O)c2ccc(N[C@H](CCCN3CCN(C)CC3)CSc3ccccc3)c([N+](=O)[O-])c2)cc1. The Hall–Kier alpha value is -4.51. The van der Waals surface area contributed by atoms with Gasteiger partial charge in [0.1, 0.15) is 11.4 Å². The first-order valence-corrected chi connectivity index (χ1v) is 22.3. The highest BCUT2D eigenvalue weighted by molar-refractivity contribution is 7.99. The number of benzene rings is 4. The predicted molar refractivity (Wildman–Crippen MR) is 232 cm³/mol. The Balaban J connectivity index is 1.10. The van der Waals surface area contributed by atoms with E-state index in [1.807, 2.05) is 42.5 Å². The molecule has 1 amide bonds. The van der Waals surface area contributed by atoms with Crippen molar-refractivity contribution in [3.63, 3.8) is 0 Å². The van der Waals surface area contributed by atoms with Crippen molar-refractivity contribution in [2.24, 2.45) is 0 Å². The van der Waals surface area contributed by atoms with Gasteiger partial charge in [-0.15, -0.1) is 11.8 Å². The van der Waals surface area contributed by atoms with Crippen molar-refractivity contribution < 1.29 is 22.9 Å². The lowest BCUT2D eigenvalue weighted by Gasteiger charge is -2.32. The summed E-state index contributed by atoms with van der Waals surface area (Å²) in [7, 11) is 1.45. The van der Waals surface area contributed by atoms with E-state index in [-0.39, 0.29) is 27.9 Å². The number of hydrogen-bond donors (Lipinski definition) is 2. The molecular weight excluding hydrogens is 775 g/mol. The maximum Gasteiger partial charge on any atom is 0.293 e. The average molecular weight is 830 g/mol. The van der Waals surface area contributed by atoms with Crippen LogP contribution in [0, 0.1) is 10.1 Å². The molecule has 0 saturated carbocycles. The highest BCUT2D eigenvalue weighted by Gasteiger charge is 2.26. The zero-order chi connectivity index (χ0) is 41.1. The predicted octanol–water partition coefficient (Wildman–Crippen LogP) is 5.78. The molecule has 2 N–H and O–H groups in total. The molecule has 2 saturated heterocycles. The van der Waals surface area contributed by atoms with Gasteiger partial charge in [-0.05, 0) is 93.5 Å². The molecule has 0 unspecified atom stereocenters. The lowest BCUT2D eigenvalue weighted by molar-refractivity contribution is -0.384. The molecule has 310 valence electrons. The number of piperazine rings is 2. The molecule has 0 bridgehead atoms. The van der Waals surface area contributed by atoms with Crippen molar-refractivity contribution in [1.82, 2.24) is 24.3 Å². The minimum Gasteiger partial charge on any atom is -0.496 e. The van der Waals surface area contributed by atoms with Crippen molar-refractivity contribution >= 4 is 39.1 Å². The molecule has 15 heteroatoms. The molecule has 0 spiro atoms. The molecule has 0 radical (unpaired) electrons. The van der Waals surface area contributed by atoms with Gasteiger partial charge in [0.2, 0.25) is 0 Å². The van der Waals surface area contributed by atoms with Gasteiger partial charge >= 0.3 is 0 Å². The summed E-state index contributed by atoms with van der Waals surface area (Å²) in [4.78, 5) is 35.3. The first-order valence-electron chi connectivity index (χ1n) is 19.9. The lowest BCUT2D eigenvalue weighted by Crippen LogP contribution is -2.45. The molecule has 4 aromatic carbocycles. The molecule has 2 fully saturated rings. The number of carbonyl (C=O) groups is 1. The zero-order valence-electron chi connectivity index (χ0n) is 33.6. The molecule has 2 aliphatic rings. The van der Waals surface area contributed by atoms with Crippen molar-refractivity contribution in [1.29, 1.82) is 0 Å². The molecule has 0 aliphatic carbocycles. The van der Waals surface area contributed by atoms with Crippen molar-refractivity contribution in [2.45, 2.75) is 35.1 Å². The van der Waals surface area contributed by atoms with Crippen molar-refractivity contribution in [2.75, 3.05) is 97.7 Å². The summed E-state index contributed by atoms with van der Waals surface area (Å²) < 4.78 is 34.7. The van der Waals surface area contributed by atoms with Gasteiger partial charge in [0.05, 0.1) is 16.9 Å². The second-order valence-electron chi connectivity index (χ2n) is 15.1. The Bertz CT molecular complexity index is 2090. The summed E-state index contributed by atoms with van der Waals surface area (Å²) in [6.45, 7) is 10.3. The van der Waals surface area contributed by atoms with Crippen LogP contribution in [0.4, 0.5) is 11.4 Å². The maximum absolute atomic E-state index is 13.5. The topological polar surface area (TPSA) is 141 Å². The Morgan fingerprint density at radius 3 is 2.14 bits per heavy atom. The number of sulfonamides is 1. The number of hydrogen-bond acceptors (Lipinski definition) is 12. The van der Waals surface area contributed by atoms with Gasteiger partial charge in [0.15, 0.2) is 0 Å². The third-order valence-corrected chi connectivity index (χ3v) is 13.4. The van der Waals surface area contributed by atoms with Gasteiger partial charge in [0, 0.05) is 92.8 Å². The van der Waals surface area contributed by atoms with E-state index in [1.165, 1.54) is 17.7 Å². The number of nitro groups is 1. The fourth-order valence-corrected chi connectivity index (χ4v) is 9.23. The molecule has 13 nitrogen and oxygen atoms in total. The normalized spacial score (nSPS) is 16.5. The monoisotopic (exact) mass is 829 g/mol. The molecule has 58 heavy (non-hydrogen) atoms. The van der Waals surface area contributed by atoms with Crippen LogP contribution in [0.15, 0.2) is 101 Å². The average Bonchev–Trinajstić information content (AvgIpc) is 3.23. The third kappa shape index (κ3) is 12.0. The Kier molecular flexibility index (Phi) is 15.2. The quantitative estimate of drug-likeness (QED) is 0.0714. The van der Waals surface area contributed by atoms with Crippen molar-refractivity contribution in [3.8, 4) is 16.9 Å². The van der Waals surface area contributed by atoms with Crippen molar-refractivity contribution in [3.05, 3.63) is 112 Å². The first-order chi connectivity index (χ1) is 28.0.